The quantitative estimate of drug-likeness (QED) is 0.468. The summed E-state index contributed by atoms with van der Waals surface area (Å²) < 4.78 is 15.9. The molecule has 0 amide bonds. The molecular weight excluding hydrogens is 396 g/mol. The Bertz CT molecular complexity index is 901. The summed E-state index contributed by atoms with van der Waals surface area (Å²) in [5.41, 5.74) is 2.69. The minimum atomic E-state index is -0.200. The average molecular weight is 429 g/mol. The number of methoxy groups -OCH3 is 2. The van der Waals surface area contributed by atoms with Crippen LogP contribution in [0.3, 0.4) is 0 Å². The van der Waals surface area contributed by atoms with Crippen LogP contribution >= 0.6 is 0 Å². The maximum Gasteiger partial charge on any atom is 0.231 e. The molecule has 0 bridgehead atoms. The summed E-state index contributed by atoms with van der Waals surface area (Å²) in [6.07, 6.45) is 3.41. The summed E-state index contributed by atoms with van der Waals surface area (Å²) in [5, 5.41) is 12.6. The van der Waals surface area contributed by atoms with E-state index < -0.39 is 0 Å². The number of Topliss-reactive ketones (excluding diaryl/α,β-unsaturated/α-hetero) is 1. The number of rotatable bonds is 8. The van der Waals surface area contributed by atoms with Crippen LogP contribution in [0.5, 0.6) is 0 Å². The molecule has 8 nitrogen and oxygen atoms in total. The van der Waals surface area contributed by atoms with Gasteiger partial charge in [0, 0.05) is 25.9 Å². The van der Waals surface area contributed by atoms with Crippen LogP contribution in [0.25, 0.3) is 0 Å². The number of hydrogen-bond acceptors (Lipinski definition) is 8. The van der Waals surface area contributed by atoms with Gasteiger partial charge in [0.2, 0.25) is 5.90 Å². The molecule has 2 heterocycles. The molecule has 0 fully saturated rings. The molecule has 31 heavy (non-hydrogen) atoms. The molecule has 3 rings (SSSR count). The van der Waals surface area contributed by atoms with E-state index >= 15 is 0 Å². The fourth-order valence-corrected chi connectivity index (χ4v) is 3.36. The van der Waals surface area contributed by atoms with Crippen LogP contribution < -0.4 is 0 Å². The topological polar surface area (TPSA) is 76.0 Å². The number of hydrogen-bond donors (Lipinski definition) is 0. The van der Waals surface area contributed by atoms with E-state index in [2.05, 4.69) is 37.0 Å². The smallest absolute Gasteiger partial charge is 0.231 e. The fourth-order valence-electron chi connectivity index (χ4n) is 3.36. The van der Waals surface area contributed by atoms with Gasteiger partial charge in [-0.2, -0.15) is 5.10 Å². The van der Waals surface area contributed by atoms with Gasteiger partial charge in [0.25, 0.3) is 0 Å². The maximum absolute atomic E-state index is 13.2. The minimum absolute atomic E-state index is 0.00373. The Morgan fingerprint density at radius 3 is 2.52 bits per heavy atom. The number of fused-ring (bicyclic) bond motifs is 1. The highest BCUT2D eigenvalue weighted by Gasteiger charge is 2.33. The molecule has 0 N–H and O–H groups in total. The fraction of sp³-hybridized carbons (Fsp3) is 0.522. The number of ketones is 1. The number of carbonyl (C=O) groups excluding carboxylic acids is 1. The van der Waals surface area contributed by atoms with Gasteiger partial charge in [-0.3, -0.25) is 9.80 Å². The van der Waals surface area contributed by atoms with Crippen molar-refractivity contribution in [1.29, 1.82) is 0 Å². The van der Waals surface area contributed by atoms with Crippen molar-refractivity contribution in [2.45, 2.75) is 45.9 Å². The van der Waals surface area contributed by atoms with Crippen molar-refractivity contribution in [2.75, 3.05) is 34.0 Å². The first-order valence-corrected chi connectivity index (χ1v) is 10.4. The molecule has 1 aromatic carbocycles. The summed E-state index contributed by atoms with van der Waals surface area (Å²) in [6, 6.07) is 5.98. The van der Waals surface area contributed by atoms with Gasteiger partial charge in [0.05, 0.1) is 13.2 Å². The Labute approximate surface area is 184 Å². The van der Waals surface area contributed by atoms with Gasteiger partial charge in [-0.25, -0.2) is 5.01 Å². The maximum atomic E-state index is 13.2. The molecule has 2 aliphatic rings. The van der Waals surface area contributed by atoms with E-state index in [-0.39, 0.29) is 23.9 Å². The van der Waals surface area contributed by atoms with E-state index in [4.69, 9.17) is 14.2 Å². The lowest BCUT2D eigenvalue weighted by atomic mass is 9.84. The number of benzene rings is 1. The predicted molar refractivity (Wildman–Crippen MR) is 120 cm³/mol. The second-order valence-electron chi connectivity index (χ2n) is 8.67. The largest absolute Gasteiger partial charge is 0.474 e. The van der Waals surface area contributed by atoms with Crippen LogP contribution in [-0.2, 0) is 26.2 Å². The molecule has 0 saturated carbocycles. The van der Waals surface area contributed by atoms with Crippen molar-refractivity contribution in [3.63, 3.8) is 0 Å². The molecule has 1 atom stereocenters. The third-order valence-corrected chi connectivity index (χ3v) is 5.17. The van der Waals surface area contributed by atoms with Gasteiger partial charge in [-0.15, -0.1) is 5.10 Å². The Morgan fingerprint density at radius 1 is 1.06 bits per heavy atom. The van der Waals surface area contributed by atoms with Gasteiger partial charge in [-0.05, 0) is 41.7 Å². The van der Waals surface area contributed by atoms with Crippen molar-refractivity contribution in [2.24, 2.45) is 10.2 Å². The molecule has 8 heteroatoms. The van der Waals surface area contributed by atoms with Crippen LogP contribution in [0.1, 0.15) is 49.2 Å². The molecule has 0 radical (unpaired) electrons. The van der Waals surface area contributed by atoms with Crippen molar-refractivity contribution >= 4 is 17.5 Å². The average Bonchev–Trinajstić information content (AvgIpc) is 3.02. The first-order chi connectivity index (χ1) is 14.7. The molecule has 1 aromatic rings. The lowest BCUT2D eigenvalue weighted by Crippen LogP contribution is -2.40. The summed E-state index contributed by atoms with van der Waals surface area (Å²) in [6.45, 7) is 9.90. The first kappa shape index (κ1) is 23.0. The van der Waals surface area contributed by atoms with Crippen LogP contribution in [0.15, 0.2) is 40.6 Å². The molecule has 2 aliphatic heterocycles. The highest BCUT2D eigenvalue weighted by atomic mass is 16.5. The Kier molecular flexibility index (Phi) is 7.12. The Hall–Kier alpha value is -2.71. The van der Waals surface area contributed by atoms with Gasteiger partial charge in [-0.1, -0.05) is 26.8 Å². The Morgan fingerprint density at radius 2 is 1.84 bits per heavy atom. The monoisotopic (exact) mass is 428 g/mol. The third-order valence-electron chi connectivity index (χ3n) is 5.17. The number of amidine groups is 1. The summed E-state index contributed by atoms with van der Waals surface area (Å²) >= 11 is 0. The second kappa shape index (κ2) is 9.62. The molecule has 0 saturated heterocycles. The standard InChI is InChI=1S/C23H32N4O4/c1-16-26(24-21-7-8-22(25-27(16)21)31-10-9-29-5)14-20(28)18-11-17(15-30-6)12-19(13-18)23(2,3)4/h7-8,11-13,16H,9-10,14-15H2,1-6H3. The van der Waals surface area contributed by atoms with Crippen LogP contribution in [0, 0.1) is 0 Å². The van der Waals surface area contributed by atoms with Gasteiger partial charge < -0.3 is 14.2 Å². The predicted octanol–water partition coefficient (Wildman–Crippen LogP) is 3.14. The third kappa shape index (κ3) is 5.51. The van der Waals surface area contributed by atoms with E-state index in [0.717, 1.165) is 11.1 Å². The van der Waals surface area contributed by atoms with E-state index in [9.17, 15) is 4.79 Å². The van der Waals surface area contributed by atoms with Gasteiger partial charge in [0.15, 0.2) is 11.6 Å². The van der Waals surface area contributed by atoms with E-state index in [1.807, 2.05) is 25.1 Å². The van der Waals surface area contributed by atoms with Crippen molar-refractivity contribution < 1.29 is 19.0 Å². The highest BCUT2D eigenvalue weighted by molar-refractivity contribution is 6.04. The molecule has 0 spiro atoms. The summed E-state index contributed by atoms with van der Waals surface area (Å²) in [7, 11) is 3.28. The SMILES string of the molecule is COCCOC1=NN2C(=NN(CC(=O)c3cc(COC)cc(C(C)(C)C)c3)C2C)C=C1. The Balaban J connectivity index is 1.74. The summed E-state index contributed by atoms with van der Waals surface area (Å²) in [4.78, 5) is 13.2. The van der Waals surface area contributed by atoms with Gasteiger partial charge >= 0.3 is 0 Å². The zero-order chi connectivity index (χ0) is 22.6. The minimum Gasteiger partial charge on any atom is -0.474 e. The number of carbonyl (C=O) groups is 1. The van der Waals surface area contributed by atoms with Crippen molar-refractivity contribution in [1.82, 2.24) is 10.0 Å². The van der Waals surface area contributed by atoms with Crippen LogP contribution in [0.4, 0.5) is 0 Å². The summed E-state index contributed by atoms with van der Waals surface area (Å²) in [5.74, 6) is 1.19. The lowest BCUT2D eigenvalue weighted by Gasteiger charge is -2.26. The second-order valence-corrected chi connectivity index (χ2v) is 8.67. The molecule has 0 aliphatic carbocycles. The zero-order valence-electron chi connectivity index (χ0n) is 19.2. The number of nitrogens with zero attached hydrogens (tertiary/aromatic N) is 4. The van der Waals surface area contributed by atoms with E-state index in [0.29, 0.717) is 37.1 Å². The molecule has 1 unspecified atom stereocenters. The molecule has 0 aromatic heterocycles. The van der Waals surface area contributed by atoms with Crippen LogP contribution in [-0.4, -0.2) is 67.7 Å². The van der Waals surface area contributed by atoms with E-state index in [1.165, 1.54) is 0 Å². The van der Waals surface area contributed by atoms with Crippen molar-refractivity contribution in [3.05, 3.63) is 47.0 Å². The normalized spacial score (nSPS) is 18.1. The lowest BCUT2D eigenvalue weighted by molar-refractivity contribution is 0.0847. The first-order valence-electron chi connectivity index (χ1n) is 10.4. The van der Waals surface area contributed by atoms with Crippen molar-refractivity contribution in [3.8, 4) is 0 Å². The highest BCUT2D eigenvalue weighted by Crippen LogP contribution is 2.26. The zero-order valence-corrected chi connectivity index (χ0v) is 19.2. The molecule has 168 valence electrons. The van der Waals surface area contributed by atoms with Gasteiger partial charge in [0.1, 0.15) is 19.3 Å². The van der Waals surface area contributed by atoms with Crippen LogP contribution in [0.2, 0.25) is 0 Å². The number of hydrazone groups is 2. The number of ether oxygens (including phenoxy) is 3. The molecular formula is C23H32N4O4. The van der Waals surface area contributed by atoms with E-state index in [1.54, 1.807) is 30.3 Å².